The summed E-state index contributed by atoms with van der Waals surface area (Å²) in [5.74, 6) is 0.822. The van der Waals surface area contributed by atoms with Crippen LogP contribution >= 0.6 is 0 Å². The lowest BCUT2D eigenvalue weighted by Gasteiger charge is -2.23. The zero-order valence-electron chi connectivity index (χ0n) is 12.4. The first kappa shape index (κ1) is 14.2. The molecule has 1 saturated heterocycles. The normalized spacial score (nSPS) is 27.7. The van der Waals surface area contributed by atoms with Gasteiger partial charge in [-0.05, 0) is 43.9 Å². The molecule has 2 fully saturated rings. The van der Waals surface area contributed by atoms with Crippen molar-refractivity contribution in [2.75, 3.05) is 30.3 Å². The molecule has 4 N–H and O–H groups in total. The highest BCUT2D eigenvalue weighted by atomic mass is 16.3. The van der Waals surface area contributed by atoms with E-state index in [1.54, 1.807) is 12.1 Å². The lowest BCUT2D eigenvalue weighted by atomic mass is 10.00. The molecule has 1 amide bonds. The number of nitrogens with zero attached hydrogens (tertiary/aromatic N) is 1. The molecule has 3 atom stereocenters. The first-order chi connectivity index (χ1) is 10.1. The van der Waals surface area contributed by atoms with Crippen LogP contribution < -0.4 is 16.0 Å². The monoisotopic (exact) mass is 289 g/mol. The Balaban J connectivity index is 1.82. The molecule has 5 heteroatoms. The lowest BCUT2D eigenvalue weighted by Crippen LogP contribution is -2.26. The number of fused-ring (bicyclic) bond motifs is 1. The Labute approximate surface area is 125 Å². The maximum absolute atomic E-state index is 12.0. The van der Waals surface area contributed by atoms with Crippen LogP contribution in [0.2, 0.25) is 0 Å². The molecule has 0 bridgehead atoms. The van der Waals surface area contributed by atoms with Gasteiger partial charge in [-0.25, -0.2) is 0 Å². The van der Waals surface area contributed by atoms with Gasteiger partial charge in [0, 0.05) is 31.1 Å². The summed E-state index contributed by atoms with van der Waals surface area (Å²) in [6, 6.07) is 5.42. The lowest BCUT2D eigenvalue weighted by molar-refractivity contribution is 0.0956. The van der Waals surface area contributed by atoms with Gasteiger partial charge in [-0.1, -0.05) is 0 Å². The topological polar surface area (TPSA) is 78.6 Å². The molecule has 1 aromatic rings. The maximum atomic E-state index is 12.0. The van der Waals surface area contributed by atoms with Crippen molar-refractivity contribution in [1.82, 2.24) is 5.32 Å². The predicted molar refractivity (Wildman–Crippen MR) is 83.3 cm³/mol. The third-order valence-corrected chi connectivity index (χ3v) is 4.79. The molecule has 21 heavy (non-hydrogen) atoms. The van der Waals surface area contributed by atoms with Crippen molar-refractivity contribution in [2.24, 2.45) is 11.8 Å². The number of rotatable bonds is 3. The Kier molecular flexibility index (Phi) is 3.76. The van der Waals surface area contributed by atoms with E-state index in [4.69, 9.17) is 5.73 Å². The fraction of sp³-hybridized carbons (Fsp3) is 0.562. The highest BCUT2D eigenvalue weighted by molar-refractivity contribution is 5.96. The predicted octanol–water partition coefficient (Wildman–Crippen LogP) is 1.23. The van der Waals surface area contributed by atoms with E-state index >= 15 is 0 Å². The Morgan fingerprint density at radius 2 is 2.24 bits per heavy atom. The maximum Gasteiger partial charge on any atom is 0.251 e. The van der Waals surface area contributed by atoms with Crippen LogP contribution in [0.3, 0.4) is 0 Å². The molecule has 3 rings (SSSR count). The first-order valence-corrected chi connectivity index (χ1v) is 7.71. The summed E-state index contributed by atoms with van der Waals surface area (Å²) in [5, 5.41) is 12.8. The second-order valence-corrected chi connectivity index (χ2v) is 6.11. The number of nitrogen functional groups attached to an aromatic ring is 1. The molecule has 1 saturated carbocycles. The van der Waals surface area contributed by atoms with E-state index in [-0.39, 0.29) is 12.0 Å². The van der Waals surface area contributed by atoms with Gasteiger partial charge in [0.2, 0.25) is 0 Å². The number of aliphatic hydroxyl groups is 1. The molecule has 1 heterocycles. The van der Waals surface area contributed by atoms with Crippen LogP contribution in [0.25, 0.3) is 0 Å². The summed E-state index contributed by atoms with van der Waals surface area (Å²) in [7, 11) is 0. The van der Waals surface area contributed by atoms with Crippen LogP contribution in [0.5, 0.6) is 0 Å². The van der Waals surface area contributed by atoms with Gasteiger partial charge in [0.05, 0.1) is 17.5 Å². The third kappa shape index (κ3) is 2.58. The molecule has 0 spiro atoms. The second-order valence-electron chi connectivity index (χ2n) is 6.11. The molecule has 2 aliphatic rings. The van der Waals surface area contributed by atoms with Gasteiger partial charge in [-0.3, -0.25) is 4.79 Å². The summed E-state index contributed by atoms with van der Waals surface area (Å²) in [5.41, 5.74) is 8.34. The van der Waals surface area contributed by atoms with Gasteiger partial charge in [-0.15, -0.1) is 0 Å². The number of hydrogen-bond donors (Lipinski definition) is 3. The third-order valence-electron chi connectivity index (χ3n) is 4.79. The smallest absolute Gasteiger partial charge is 0.251 e. The van der Waals surface area contributed by atoms with Crippen LogP contribution in [0.1, 0.15) is 30.1 Å². The van der Waals surface area contributed by atoms with Crippen molar-refractivity contribution in [3.05, 3.63) is 23.8 Å². The zero-order chi connectivity index (χ0) is 15.0. The highest BCUT2D eigenvalue weighted by Crippen LogP contribution is 2.41. The average Bonchev–Trinajstić information content (AvgIpc) is 3.02. The SMILES string of the molecule is CCNC(=O)c1ccc(N)c(N2CC3CCC(O)C3C2)c1. The van der Waals surface area contributed by atoms with Crippen molar-refractivity contribution in [1.29, 1.82) is 0 Å². The zero-order valence-corrected chi connectivity index (χ0v) is 12.4. The van der Waals surface area contributed by atoms with Crippen LogP contribution in [0.4, 0.5) is 11.4 Å². The quantitative estimate of drug-likeness (QED) is 0.731. The fourth-order valence-corrected chi connectivity index (χ4v) is 3.65. The van der Waals surface area contributed by atoms with Gasteiger partial charge < -0.3 is 21.1 Å². The number of anilines is 2. The molecule has 1 aliphatic carbocycles. The van der Waals surface area contributed by atoms with Crippen molar-refractivity contribution >= 4 is 17.3 Å². The number of hydrogen-bond acceptors (Lipinski definition) is 4. The molecular formula is C16H23N3O2. The number of carbonyl (C=O) groups excluding carboxylic acids is 1. The van der Waals surface area contributed by atoms with Crippen LogP contribution in [0, 0.1) is 11.8 Å². The summed E-state index contributed by atoms with van der Waals surface area (Å²) < 4.78 is 0. The van der Waals surface area contributed by atoms with Gasteiger partial charge in [0.25, 0.3) is 5.91 Å². The van der Waals surface area contributed by atoms with E-state index in [0.29, 0.717) is 29.6 Å². The summed E-state index contributed by atoms with van der Waals surface area (Å²) in [6.07, 6.45) is 1.81. The molecule has 1 aliphatic heterocycles. The number of nitrogens with one attached hydrogen (secondary N) is 1. The van der Waals surface area contributed by atoms with E-state index < -0.39 is 0 Å². The van der Waals surface area contributed by atoms with Gasteiger partial charge >= 0.3 is 0 Å². The van der Waals surface area contributed by atoms with Gasteiger partial charge in [0.1, 0.15) is 0 Å². The Hall–Kier alpha value is -1.75. The summed E-state index contributed by atoms with van der Waals surface area (Å²) in [6.45, 7) is 4.26. The number of carbonyl (C=O) groups is 1. The Bertz CT molecular complexity index is 546. The van der Waals surface area contributed by atoms with E-state index in [2.05, 4.69) is 10.2 Å². The minimum atomic E-state index is -0.187. The molecule has 0 aromatic heterocycles. The largest absolute Gasteiger partial charge is 0.397 e. The van der Waals surface area contributed by atoms with Crippen molar-refractivity contribution in [3.63, 3.8) is 0 Å². The van der Waals surface area contributed by atoms with Gasteiger partial charge in [-0.2, -0.15) is 0 Å². The van der Waals surface area contributed by atoms with Crippen molar-refractivity contribution < 1.29 is 9.90 Å². The van der Waals surface area contributed by atoms with Crippen molar-refractivity contribution in [2.45, 2.75) is 25.9 Å². The van der Waals surface area contributed by atoms with Crippen LogP contribution in [-0.2, 0) is 0 Å². The Morgan fingerprint density at radius 1 is 1.43 bits per heavy atom. The van der Waals surface area contributed by atoms with Crippen molar-refractivity contribution in [3.8, 4) is 0 Å². The van der Waals surface area contributed by atoms with Crippen LogP contribution in [-0.4, -0.2) is 36.8 Å². The summed E-state index contributed by atoms with van der Waals surface area (Å²) >= 11 is 0. The van der Waals surface area contributed by atoms with Gasteiger partial charge in [0.15, 0.2) is 0 Å². The first-order valence-electron chi connectivity index (χ1n) is 7.71. The second kappa shape index (κ2) is 5.56. The van der Waals surface area contributed by atoms with E-state index in [1.165, 1.54) is 0 Å². The standard InChI is InChI=1S/C16H23N3O2/c1-2-18-16(21)10-3-5-13(17)14(7-10)19-8-11-4-6-15(20)12(11)9-19/h3,5,7,11-12,15,20H,2,4,6,8-9,17H2,1H3,(H,18,21). The average molecular weight is 289 g/mol. The fourth-order valence-electron chi connectivity index (χ4n) is 3.65. The number of nitrogens with two attached hydrogens (primary N) is 1. The molecular weight excluding hydrogens is 266 g/mol. The number of aliphatic hydroxyl groups excluding tert-OH is 1. The van der Waals surface area contributed by atoms with E-state index in [9.17, 15) is 9.90 Å². The minimum Gasteiger partial charge on any atom is -0.397 e. The Morgan fingerprint density at radius 3 is 2.95 bits per heavy atom. The summed E-state index contributed by atoms with van der Waals surface area (Å²) in [4.78, 5) is 14.2. The minimum absolute atomic E-state index is 0.0711. The molecule has 114 valence electrons. The molecule has 5 nitrogen and oxygen atoms in total. The molecule has 1 aromatic carbocycles. The van der Waals surface area contributed by atoms with Crippen LogP contribution in [0.15, 0.2) is 18.2 Å². The highest BCUT2D eigenvalue weighted by Gasteiger charge is 2.42. The number of amides is 1. The molecule has 3 unspecified atom stereocenters. The number of benzene rings is 1. The van der Waals surface area contributed by atoms with E-state index in [1.807, 2.05) is 13.0 Å². The molecule has 0 radical (unpaired) electrons. The van der Waals surface area contributed by atoms with E-state index in [0.717, 1.165) is 31.6 Å².